The smallest absolute Gasteiger partial charge is 0.317 e. The lowest BCUT2D eigenvalue weighted by molar-refractivity contribution is -0.138. The van der Waals surface area contributed by atoms with Crippen molar-refractivity contribution in [3.63, 3.8) is 0 Å². The predicted molar refractivity (Wildman–Crippen MR) is 74.3 cm³/mol. The molecule has 0 amide bonds. The molecule has 1 saturated heterocycles. The molecule has 1 aliphatic heterocycles. The summed E-state index contributed by atoms with van der Waals surface area (Å²) in [5, 5.41) is 8.91. The largest absolute Gasteiger partial charge is 0.480 e. The zero-order valence-electron chi connectivity index (χ0n) is 10.7. The van der Waals surface area contributed by atoms with Gasteiger partial charge in [-0.15, -0.1) is 0 Å². The van der Waals surface area contributed by atoms with Crippen molar-refractivity contribution in [1.82, 2.24) is 9.21 Å². The van der Waals surface area contributed by atoms with Gasteiger partial charge >= 0.3 is 5.97 Å². The van der Waals surface area contributed by atoms with Gasteiger partial charge in [-0.05, 0) is 12.1 Å². The van der Waals surface area contributed by atoms with Gasteiger partial charge in [0.2, 0.25) is 10.0 Å². The molecule has 0 radical (unpaired) electrons. The van der Waals surface area contributed by atoms with Crippen molar-refractivity contribution >= 4 is 27.6 Å². The summed E-state index contributed by atoms with van der Waals surface area (Å²) in [6.45, 7) is 1.26. The average Bonchev–Trinajstić information content (AvgIpc) is 2.39. The number of rotatable bonds is 4. The maximum absolute atomic E-state index is 12.4. The number of hydrogen-bond acceptors (Lipinski definition) is 4. The Kier molecular flexibility index (Phi) is 4.64. The Morgan fingerprint density at radius 3 is 2.35 bits per heavy atom. The van der Waals surface area contributed by atoms with Crippen molar-refractivity contribution in [3.05, 3.63) is 29.3 Å². The van der Waals surface area contributed by atoms with E-state index in [1.54, 1.807) is 17.0 Å². The average molecular weight is 319 g/mol. The number of halogens is 1. The molecule has 1 aliphatic rings. The number of nitrogens with zero attached hydrogens (tertiary/aromatic N) is 2. The molecule has 20 heavy (non-hydrogen) atoms. The topological polar surface area (TPSA) is 77.9 Å². The van der Waals surface area contributed by atoms with E-state index in [0.717, 1.165) is 0 Å². The summed E-state index contributed by atoms with van der Waals surface area (Å²) in [4.78, 5) is 12.4. The van der Waals surface area contributed by atoms with Crippen LogP contribution in [0.4, 0.5) is 0 Å². The van der Waals surface area contributed by atoms with Crippen LogP contribution in [-0.4, -0.2) is 61.4 Å². The fourth-order valence-corrected chi connectivity index (χ4v) is 4.03. The standard InChI is InChI=1S/C12H15ClN2O4S/c13-10-3-1-2-4-11(10)20(18,19)15-7-5-14(6-8-15)9-12(16)17/h1-4H,5-9H2,(H,16,17). The Labute approximate surface area is 122 Å². The number of carboxylic acids is 1. The first kappa shape index (κ1) is 15.2. The van der Waals surface area contributed by atoms with Gasteiger partial charge in [-0.1, -0.05) is 23.7 Å². The number of carbonyl (C=O) groups is 1. The van der Waals surface area contributed by atoms with Crippen LogP contribution in [0.2, 0.25) is 5.02 Å². The molecule has 1 aromatic carbocycles. The van der Waals surface area contributed by atoms with Crippen molar-refractivity contribution in [3.8, 4) is 0 Å². The number of aliphatic carboxylic acids is 1. The third kappa shape index (κ3) is 3.29. The van der Waals surface area contributed by atoms with Crippen LogP contribution >= 0.6 is 11.6 Å². The van der Waals surface area contributed by atoms with E-state index in [0.29, 0.717) is 13.1 Å². The van der Waals surface area contributed by atoms with Crippen LogP contribution in [-0.2, 0) is 14.8 Å². The number of piperazine rings is 1. The third-order valence-corrected chi connectivity index (χ3v) is 5.54. The molecule has 6 nitrogen and oxygen atoms in total. The first-order chi connectivity index (χ1) is 9.41. The lowest BCUT2D eigenvalue weighted by Crippen LogP contribution is -2.49. The third-order valence-electron chi connectivity index (χ3n) is 3.14. The van der Waals surface area contributed by atoms with Crippen LogP contribution in [0, 0.1) is 0 Å². The number of carboxylic acid groups (broad SMARTS) is 1. The van der Waals surface area contributed by atoms with Crippen LogP contribution < -0.4 is 0 Å². The summed E-state index contributed by atoms with van der Waals surface area (Å²) in [5.74, 6) is -0.910. The second-order valence-corrected chi connectivity index (χ2v) is 6.82. The van der Waals surface area contributed by atoms with Crippen molar-refractivity contribution in [1.29, 1.82) is 0 Å². The maximum Gasteiger partial charge on any atom is 0.317 e. The van der Waals surface area contributed by atoms with E-state index < -0.39 is 16.0 Å². The van der Waals surface area contributed by atoms with Gasteiger partial charge < -0.3 is 5.11 Å². The molecule has 0 aromatic heterocycles. The summed E-state index contributed by atoms with van der Waals surface area (Å²) in [7, 11) is -3.62. The summed E-state index contributed by atoms with van der Waals surface area (Å²) >= 11 is 5.93. The minimum atomic E-state index is -3.62. The Bertz CT molecular complexity index is 597. The highest BCUT2D eigenvalue weighted by Crippen LogP contribution is 2.24. The normalized spacial score (nSPS) is 18.1. The van der Waals surface area contributed by atoms with E-state index in [-0.39, 0.29) is 29.6 Å². The van der Waals surface area contributed by atoms with Gasteiger partial charge in [0.25, 0.3) is 0 Å². The molecule has 0 aliphatic carbocycles. The molecular formula is C12H15ClN2O4S. The van der Waals surface area contributed by atoms with Gasteiger partial charge in [-0.25, -0.2) is 8.42 Å². The lowest BCUT2D eigenvalue weighted by Gasteiger charge is -2.33. The Morgan fingerprint density at radius 1 is 1.20 bits per heavy atom. The van der Waals surface area contributed by atoms with E-state index in [9.17, 15) is 13.2 Å². The fraction of sp³-hybridized carbons (Fsp3) is 0.417. The fourth-order valence-electron chi connectivity index (χ4n) is 2.11. The van der Waals surface area contributed by atoms with Crippen LogP contribution in [0.1, 0.15) is 0 Å². The summed E-state index contributed by atoms with van der Waals surface area (Å²) in [6.07, 6.45) is 0. The van der Waals surface area contributed by atoms with Crippen LogP contribution in [0.5, 0.6) is 0 Å². The minimum absolute atomic E-state index is 0.0695. The van der Waals surface area contributed by atoms with E-state index in [4.69, 9.17) is 16.7 Å². The zero-order chi connectivity index (χ0) is 14.8. The van der Waals surface area contributed by atoms with Gasteiger partial charge in [-0.3, -0.25) is 9.69 Å². The monoisotopic (exact) mass is 318 g/mol. The molecule has 1 heterocycles. The molecule has 110 valence electrons. The van der Waals surface area contributed by atoms with Gasteiger partial charge in [0.1, 0.15) is 4.90 Å². The molecule has 0 atom stereocenters. The number of hydrogen-bond donors (Lipinski definition) is 1. The maximum atomic E-state index is 12.4. The van der Waals surface area contributed by atoms with Gasteiger partial charge in [0.15, 0.2) is 0 Å². The lowest BCUT2D eigenvalue weighted by atomic mass is 10.3. The SMILES string of the molecule is O=C(O)CN1CCN(S(=O)(=O)c2ccccc2Cl)CC1. The molecule has 8 heteroatoms. The highest BCUT2D eigenvalue weighted by molar-refractivity contribution is 7.89. The second kappa shape index (κ2) is 6.09. The predicted octanol–water partition coefficient (Wildman–Crippen LogP) is 0.731. The van der Waals surface area contributed by atoms with Crippen LogP contribution in [0.3, 0.4) is 0 Å². The summed E-state index contributed by atoms with van der Waals surface area (Å²) in [6, 6.07) is 6.31. The highest BCUT2D eigenvalue weighted by atomic mass is 35.5. The van der Waals surface area contributed by atoms with Crippen molar-refractivity contribution in [2.75, 3.05) is 32.7 Å². The van der Waals surface area contributed by atoms with Crippen molar-refractivity contribution in [2.45, 2.75) is 4.90 Å². The summed E-state index contributed by atoms with van der Waals surface area (Å²) < 4.78 is 26.2. The minimum Gasteiger partial charge on any atom is -0.480 e. The Balaban J connectivity index is 2.10. The van der Waals surface area contributed by atoms with Crippen LogP contribution in [0.25, 0.3) is 0 Å². The number of sulfonamides is 1. The van der Waals surface area contributed by atoms with Gasteiger partial charge in [0.05, 0.1) is 11.6 Å². The Morgan fingerprint density at radius 2 is 1.80 bits per heavy atom. The molecule has 2 rings (SSSR count). The van der Waals surface area contributed by atoms with E-state index >= 15 is 0 Å². The first-order valence-corrected chi connectivity index (χ1v) is 7.92. The second-order valence-electron chi connectivity index (χ2n) is 4.50. The quantitative estimate of drug-likeness (QED) is 0.885. The molecule has 1 fully saturated rings. The molecule has 0 bridgehead atoms. The highest BCUT2D eigenvalue weighted by Gasteiger charge is 2.30. The Hall–Kier alpha value is -1.15. The zero-order valence-corrected chi connectivity index (χ0v) is 12.3. The molecule has 1 aromatic rings. The summed E-state index contributed by atoms with van der Waals surface area (Å²) in [5.41, 5.74) is 0. The van der Waals surface area contributed by atoms with Gasteiger partial charge in [-0.2, -0.15) is 4.31 Å². The molecule has 0 spiro atoms. The molecule has 0 unspecified atom stereocenters. The van der Waals surface area contributed by atoms with Crippen LogP contribution in [0.15, 0.2) is 29.2 Å². The van der Waals surface area contributed by atoms with Crippen molar-refractivity contribution < 1.29 is 18.3 Å². The molecule has 0 saturated carbocycles. The first-order valence-electron chi connectivity index (χ1n) is 6.10. The molecular weight excluding hydrogens is 304 g/mol. The molecule has 1 N–H and O–H groups in total. The van der Waals surface area contributed by atoms with E-state index in [1.165, 1.54) is 16.4 Å². The van der Waals surface area contributed by atoms with E-state index in [2.05, 4.69) is 0 Å². The van der Waals surface area contributed by atoms with Gasteiger partial charge in [0, 0.05) is 26.2 Å². The van der Waals surface area contributed by atoms with Crippen molar-refractivity contribution in [2.24, 2.45) is 0 Å². The number of benzene rings is 1. The van der Waals surface area contributed by atoms with E-state index in [1.807, 2.05) is 0 Å².